The van der Waals surface area contributed by atoms with Gasteiger partial charge in [0.2, 0.25) is 0 Å². The fourth-order valence-electron chi connectivity index (χ4n) is 4.09. The maximum absolute atomic E-state index is 11.9. The maximum atomic E-state index is 11.9. The number of urea groups is 1. The molecule has 2 aliphatic heterocycles. The van der Waals surface area contributed by atoms with Gasteiger partial charge < -0.3 is 10.2 Å². The van der Waals surface area contributed by atoms with Crippen molar-refractivity contribution in [2.75, 3.05) is 26.2 Å². The highest BCUT2D eigenvalue weighted by Gasteiger charge is 2.33. The first-order valence-corrected chi connectivity index (χ1v) is 9.54. The van der Waals surface area contributed by atoms with Crippen LogP contribution in [-0.4, -0.2) is 53.0 Å². The zero-order valence-corrected chi connectivity index (χ0v) is 15.4. The largest absolute Gasteiger partial charge is 0.336 e. The van der Waals surface area contributed by atoms with Gasteiger partial charge in [-0.25, -0.2) is 4.79 Å². The van der Waals surface area contributed by atoms with Crippen molar-refractivity contribution >= 4 is 17.6 Å². The highest BCUT2D eigenvalue weighted by atomic mass is 35.5. The zero-order valence-electron chi connectivity index (χ0n) is 14.6. The molecule has 5 nitrogen and oxygen atoms in total. The summed E-state index contributed by atoms with van der Waals surface area (Å²) in [6, 6.07) is 12.8. The van der Waals surface area contributed by atoms with Crippen LogP contribution in [0.25, 0.3) is 0 Å². The molecule has 2 fully saturated rings. The third-order valence-corrected chi connectivity index (χ3v) is 5.63. The predicted molar refractivity (Wildman–Crippen MR) is 102 cm³/mol. The van der Waals surface area contributed by atoms with Gasteiger partial charge in [-0.2, -0.15) is 0 Å². The molecule has 0 bridgehead atoms. The molecule has 0 spiro atoms. The SMILES string of the molecule is O=C1NCCN1C1CCN(C(c2ccc(Cl)cc2)c2cccnc2)CC1. The third-order valence-electron chi connectivity index (χ3n) is 5.38. The van der Waals surface area contributed by atoms with Crippen molar-refractivity contribution in [3.8, 4) is 0 Å². The second kappa shape index (κ2) is 7.64. The van der Waals surface area contributed by atoms with Crippen LogP contribution >= 0.6 is 11.6 Å². The Bertz CT molecular complexity index is 744. The second-order valence-corrected chi connectivity index (χ2v) is 7.37. The summed E-state index contributed by atoms with van der Waals surface area (Å²) in [7, 11) is 0. The number of aromatic nitrogens is 1. The van der Waals surface area contributed by atoms with E-state index in [0.29, 0.717) is 6.04 Å². The van der Waals surface area contributed by atoms with E-state index in [4.69, 9.17) is 11.6 Å². The number of amides is 2. The summed E-state index contributed by atoms with van der Waals surface area (Å²) in [4.78, 5) is 20.8. The lowest BCUT2D eigenvalue weighted by atomic mass is 9.94. The van der Waals surface area contributed by atoms with E-state index in [1.54, 1.807) is 6.20 Å². The molecule has 4 rings (SSSR count). The minimum Gasteiger partial charge on any atom is -0.336 e. The molecule has 0 radical (unpaired) electrons. The van der Waals surface area contributed by atoms with Gasteiger partial charge in [0, 0.05) is 49.6 Å². The van der Waals surface area contributed by atoms with E-state index >= 15 is 0 Å². The van der Waals surface area contributed by atoms with Crippen molar-refractivity contribution in [1.82, 2.24) is 20.1 Å². The number of nitrogens with one attached hydrogen (secondary N) is 1. The lowest BCUT2D eigenvalue weighted by Gasteiger charge is -2.40. The number of benzene rings is 1. The van der Waals surface area contributed by atoms with Crippen LogP contribution < -0.4 is 5.32 Å². The number of halogens is 1. The molecule has 6 heteroatoms. The van der Waals surface area contributed by atoms with Crippen LogP contribution in [0, 0.1) is 0 Å². The smallest absolute Gasteiger partial charge is 0.317 e. The molecule has 1 atom stereocenters. The molecule has 1 aromatic heterocycles. The Balaban J connectivity index is 1.54. The third kappa shape index (κ3) is 3.55. The number of rotatable bonds is 4. The highest BCUT2D eigenvalue weighted by molar-refractivity contribution is 6.30. The number of nitrogens with zero attached hydrogens (tertiary/aromatic N) is 3. The molecule has 2 amide bonds. The van der Waals surface area contributed by atoms with Crippen molar-refractivity contribution < 1.29 is 4.79 Å². The molecule has 1 unspecified atom stereocenters. The van der Waals surface area contributed by atoms with Gasteiger partial charge in [0.25, 0.3) is 0 Å². The molecule has 2 aliphatic rings. The average Bonchev–Trinajstić information content (AvgIpc) is 3.11. The highest BCUT2D eigenvalue weighted by Crippen LogP contribution is 2.32. The number of hydrogen-bond donors (Lipinski definition) is 1. The first-order valence-electron chi connectivity index (χ1n) is 9.16. The topological polar surface area (TPSA) is 48.5 Å². The van der Waals surface area contributed by atoms with E-state index in [9.17, 15) is 4.79 Å². The molecule has 136 valence electrons. The van der Waals surface area contributed by atoms with Crippen LogP contribution in [0.5, 0.6) is 0 Å². The molecular weight excluding hydrogens is 348 g/mol. The van der Waals surface area contributed by atoms with Crippen molar-refractivity contribution in [3.05, 3.63) is 64.9 Å². The fraction of sp³-hybridized carbons (Fsp3) is 0.400. The van der Waals surface area contributed by atoms with E-state index in [-0.39, 0.29) is 12.1 Å². The quantitative estimate of drug-likeness (QED) is 0.898. The Morgan fingerprint density at radius 1 is 1.08 bits per heavy atom. The summed E-state index contributed by atoms with van der Waals surface area (Å²) in [5.41, 5.74) is 2.41. The number of pyridine rings is 1. The van der Waals surface area contributed by atoms with E-state index < -0.39 is 0 Å². The van der Waals surface area contributed by atoms with Crippen LogP contribution in [0.1, 0.15) is 30.0 Å². The molecule has 3 heterocycles. The van der Waals surface area contributed by atoms with Crippen LogP contribution in [0.3, 0.4) is 0 Å². The van der Waals surface area contributed by atoms with Crippen molar-refractivity contribution in [1.29, 1.82) is 0 Å². The Morgan fingerprint density at radius 2 is 1.85 bits per heavy atom. The van der Waals surface area contributed by atoms with Crippen LogP contribution in [0.15, 0.2) is 48.8 Å². The molecule has 0 saturated carbocycles. The molecule has 1 N–H and O–H groups in total. The fourth-order valence-corrected chi connectivity index (χ4v) is 4.21. The minimum atomic E-state index is 0.0879. The summed E-state index contributed by atoms with van der Waals surface area (Å²) in [6.45, 7) is 3.50. The van der Waals surface area contributed by atoms with E-state index in [1.165, 1.54) is 11.1 Å². The standard InChI is InChI=1S/C20H23ClN4O/c21-17-5-3-15(4-6-17)19(16-2-1-9-22-14-16)24-11-7-18(8-12-24)25-13-10-23-20(25)26/h1-6,9,14,18-19H,7-8,10-13H2,(H,23,26). The van der Waals surface area contributed by atoms with E-state index in [1.807, 2.05) is 29.3 Å². The normalized spacial score (nSPS) is 20.2. The zero-order chi connectivity index (χ0) is 17.9. The van der Waals surface area contributed by atoms with Crippen LogP contribution in [-0.2, 0) is 0 Å². The van der Waals surface area contributed by atoms with Crippen molar-refractivity contribution in [2.45, 2.75) is 24.9 Å². The first-order chi connectivity index (χ1) is 12.7. The van der Waals surface area contributed by atoms with Gasteiger partial charge in [-0.1, -0.05) is 29.8 Å². The lowest BCUT2D eigenvalue weighted by Crippen LogP contribution is -2.47. The van der Waals surface area contributed by atoms with Crippen LogP contribution in [0.4, 0.5) is 4.79 Å². The Labute approximate surface area is 159 Å². The summed E-state index contributed by atoms with van der Waals surface area (Å²) >= 11 is 6.08. The monoisotopic (exact) mass is 370 g/mol. The summed E-state index contributed by atoms with van der Waals surface area (Å²) in [5.74, 6) is 0. The molecule has 26 heavy (non-hydrogen) atoms. The summed E-state index contributed by atoms with van der Waals surface area (Å²) in [6.07, 6.45) is 5.75. The van der Waals surface area contributed by atoms with Crippen molar-refractivity contribution in [2.24, 2.45) is 0 Å². The summed E-state index contributed by atoms with van der Waals surface area (Å²) in [5, 5.41) is 3.66. The number of carbonyl (C=O) groups is 1. The number of hydrogen-bond acceptors (Lipinski definition) is 3. The number of piperidine rings is 1. The molecule has 2 aromatic rings. The Hall–Kier alpha value is -2.11. The van der Waals surface area contributed by atoms with Gasteiger partial charge in [0.15, 0.2) is 0 Å². The molecular formula is C20H23ClN4O. The van der Waals surface area contributed by atoms with Gasteiger partial charge in [-0.15, -0.1) is 0 Å². The molecule has 0 aliphatic carbocycles. The van der Waals surface area contributed by atoms with Gasteiger partial charge in [-0.3, -0.25) is 9.88 Å². The van der Waals surface area contributed by atoms with Gasteiger partial charge in [0.05, 0.1) is 6.04 Å². The predicted octanol–water partition coefficient (Wildman–Crippen LogP) is 3.31. The number of carbonyl (C=O) groups excluding carboxylic acids is 1. The van der Waals surface area contributed by atoms with Gasteiger partial charge >= 0.3 is 6.03 Å². The second-order valence-electron chi connectivity index (χ2n) is 6.93. The average molecular weight is 371 g/mol. The Morgan fingerprint density at radius 3 is 2.46 bits per heavy atom. The van der Waals surface area contributed by atoms with Gasteiger partial charge in [-0.05, 0) is 42.2 Å². The molecule has 2 saturated heterocycles. The maximum Gasteiger partial charge on any atom is 0.317 e. The first kappa shape index (κ1) is 17.3. The van der Waals surface area contributed by atoms with E-state index in [0.717, 1.165) is 44.0 Å². The minimum absolute atomic E-state index is 0.0879. The molecule has 1 aromatic carbocycles. The lowest BCUT2D eigenvalue weighted by molar-refractivity contribution is 0.117. The summed E-state index contributed by atoms with van der Waals surface area (Å²) < 4.78 is 0. The van der Waals surface area contributed by atoms with Gasteiger partial charge in [0.1, 0.15) is 0 Å². The Kier molecular flexibility index (Phi) is 5.09. The number of likely N-dealkylation sites (tertiary alicyclic amines) is 1. The van der Waals surface area contributed by atoms with Crippen molar-refractivity contribution in [3.63, 3.8) is 0 Å². The van der Waals surface area contributed by atoms with E-state index in [2.05, 4.69) is 33.4 Å². The van der Waals surface area contributed by atoms with Crippen LogP contribution in [0.2, 0.25) is 5.02 Å².